The van der Waals surface area contributed by atoms with Crippen LogP contribution in [0.25, 0.3) is 6.08 Å². The average molecular weight is 267 g/mol. The second-order valence-electron chi connectivity index (χ2n) is 4.14. The SMILES string of the molecule is O=C(O)/C=C/c1cccc(NS(=O)(=O)C2CC2)c1. The van der Waals surface area contributed by atoms with Gasteiger partial charge in [0.05, 0.1) is 5.25 Å². The molecule has 2 rings (SSSR count). The zero-order valence-electron chi connectivity index (χ0n) is 9.54. The Bertz CT molecular complexity index is 588. The number of anilines is 1. The summed E-state index contributed by atoms with van der Waals surface area (Å²) < 4.78 is 25.9. The van der Waals surface area contributed by atoms with Crippen LogP contribution in [0.2, 0.25) is 0 Å². The fraction of sp³-hybridized carbons (Fsp3) is 0.250. The fourth-order valence-electron chi connectivity index (χ4n) is 1.50. The van der Waals surface area contributed by atoms with Crippen molar-refractivity contribution in [3.05, 3.63) is 35.9 Å². The first-order valence-corrected chi connectivity index (χ1v) is 7.05. The van der Waals surface area contributed by atoms with Gasteiger partial charge in [0.15, 0.2) is 0 Å². The molecule has 0 aliphatic heterocycles. The number of nitrogens with one attached hydrogen (secondary N) is 1. The lowest BCUT2D eigenvalue weighted by molar-refractivity contribution is -0.131. The maximum absolute atomic E-state index is 11.7. The highest BCUT2D eigenvalue weighted by Crippen LogP contribution is 2.29. The Morgan fingerprint density at radius 3 is 2.72 bits per heavy atom. The number of carbonyl (C=O) groups is 1. The Morgan fingerprint density at radius 1 is 1.39 bits per heavy atom. The van der Waals surface area contributed by atoms with E-state index in [9.17, 15) is 13.2 Å². The molecule has 0 radical (unpaired) electrons. The first-order valence-electron chi connectivity index (χ1n) is 5.50. The van der Waals surface area contributed by atoms with E-state index < -0.39 is 16.0 Å². The van der Waals surface area contributed by atoms with Crippen LogP contribution < -0.4 is 4.72 Å². The van der Waals surface area contributed by atoms with Crippen LogP contribution in [-0.4, -0.2) is 24.7 Å². The van der Waals surface area contributed by atoms with Gasteiger partial charge in [0.25, 0.3) is 0 Å². The van der Waals surface area contributed by atoms with Crippen LogP contribution in [0.3, 0.4) is 0 Å². The van der Waals surface area contributed by atoms with E-state index in [1.54, 1.807) is 24.3 Å². The van der Waals surface area contributed by atoms with E-state index in [0.717, 1.165) is 6.08 Å². The molecule has 96 valence electrons. The second kappa shape index (κ2) is 4.81. The molecule has 1 fully saturated rings. The van der Waals surface area contributed by atoms with Gasteiger partial charge in [-0.25, -0.2) is 13.2 Å². The number of hydrogen-bond acceptors (Lipinski definition) is 3. The molecule has 5 nitrogen and oxygen atoms in total. The second-order valence-corrected chi connectivity index (χ2v) is 6.10. The summed E-state index contributed by atoms with van der Waals surface area (Å²) in [6, 6.07) is 6.61. The van der Waals surface area contributed by atoms with E-state index in [2.05, 4.69) is 4.72 Å². The van der Waals surface area contributed by atoms with E-state index in [-0.39, 0.29) is 5.25 Å². The summed E-state index contributed by atoms with van der Waals surface area (Å²) in [5.41, 5.74) is 1.09. The van der Waals surface area contributed by atoms with Crippen LogP contribution in [-0.2, 0) is 14.8 Å². The van der Waals surface area contributed by atoms with Crippen LogP contribution in [0, 0.1) is 0 Å². The number of hydrogen-bond donors (Lipinski definition) is 2. The lowest BCUT2D eigenvalue weighted by Gasteiger charge is -2.07. The van der Waals surface area contributed by atoms with Crippen molar-refractivity contribution in [3.63, 3.8) is 0 Å². The molecular formula is C12H13NO4S. The maximum Gasteiger partial charge on any atom is 0.328 e. The first kappa shape index (κ1) is 12.6. The van der Waals surface area contributed by atoms with Crippen molar-refractivity contribution in [2.75, 3.05) is 4.72 Å². The molecule has 18 heavy (non-hydrogen) atoms. The monoisotopic (exact) mass is 267 g/mol. The number of rotatable bonds is 5. The molecule has 1 aromatic rings. The van der Waals surface area contributed by atoms with Gasteiger partial charge in [-0.1, -0.05) is 12.1 Å². The molecule has 1 aliphatic carbocycles. The van der Waals surface area contributed by atoms with Gasteiger partial charge in [-0.2, -0.15) is 0 Å². The molecule has 0 bridgehead atoms. The predicted molar refractivity (Wildman–Crippen MR) is 68.7 cm³/mol. The molecule has 0 spiro atoms. The number of aliphatic carboxylic acids is 1. The molecule has 1 saturated carbocycles. The van der Waals surface area contributed by atoms with Crippen molar-refractivity contribution in [1.82, 2.24) is 0 Å². The average Bonchev–Trinajstić information content (AvgIpc) is 3.10. The lowest BCUT2D eigenvalue weighted by atomic mass is 10.2. The normalized spacial score (nSPS) is 15.8. The summed E-state index contributed by atoms with van der Waals surface area (Å²) in [7, 11) is -3.28. The maximum atomic E-state index is 11.7. The zero-order valence-corrected chi connectivity index (χ0v) is 10.4. The van der Waals surface area contributed by atoms with E-state index in [0.29, 0.717) is 24.1 Å². The third-order valence-electron chi connectivity index (χ3n) is 2.53. The molecule has 0 amide bonds. The van der Waals surface area contributed by atoms with Crippen LogP contribution in [0.4, 0.5) is 5.69 Å². The summed E-state index contributed by atoms with van der Waals surface area (Å²) in [6.45, 7) is 0. The predicted octanol–water partition coefficient (Wildman–Crippen LogP) is 1.69. The highest BCUT2D eigenvalue weighted by molar-refractivity contribution is 7.93. The van der Waals surface area contributed by atoms with Gasteiger partial charge in [-0.05, 0) is 36.6 Å². The Hall–Kier alpha value is -1.82. The minimum atomic E-state index is -3.28. The Kier molecular flexibility index (Phi) is 3.38. The van der Waals surface area contributed by atoms with Gasteiger partial charge in [0.2, 0.25) is 10.0 Å². The Morgan fingerprint density at radius 2 is 2.11 bits per heavy atom. The highest BCUT2D eigenvalue weighted by Gasteiger charge is 2.35. The Balaban J connectivity index is 2.14. The smallest absolute Gasteiger partial charge is 0.328 e. The molecule has 0 atom stereocenters. The lowest BCUT2D eigenvalue weighted by Crippen LogP contribution is -2.17. The van der Waals surface area contributed by atoms with Crippen molar-refractivity contribution in [2.24, 2.45) is 0 Å². The third-order valence-corrected chi connectivity index (χ3v) is 4.40. The molecule has 0 saturated heterocycles. The van der Waals surface area contributed by atoms with Crippen LogP contribution in [0.15, 0.2) is 30.3 Å². The number of benzene rings is 1. The number of carboxylic acid groups (broad SMARTS) is 1. The quantitative estimate of drug-likeness (QED) is 0.795. The number of carboxylic acids is 1. The summed E-state index contributed by atoms with van der Waals surface area (Å²) in [4.78, 5) is 10.4. The molecule has 1 aromatic carbocycles. The van der Waals surface area contributed by atoms with Gasteiger partial charge >= 0.3 is 5.97 Å². The molecular weight excluding hydrogens is 254 g/mol. The van der Waals surface area contributed by atoms with E-state index in [4.69, 9.17) is 5.11 Å². The van der Waals surface area contributed by atoms with Gasteiger partial charge in [0, 0.05) is 11.8 Å². The molecule has 0 unspecified atom stereocenters. The third kappa shape index (κ3) is 3.33. The summed E-state index contributed by atoms with van der Waals surface area (Å²) in [5.74, 6) is -1.04. The van der Waals surface area contributed by atoms with Gasteiger partial charge in [-0.15, -0.1) is 0 Å². The molecule has 2 N–H and O–H groups in total. The zero-order chi connectivity index (χ0) is 13.2. The van der Waals surface area contributed by atoms with Crippen molar-refractivity contribution < 1.29 is 18.3 Å². The summed E-state index contributed by atoms with van der Waals surface area (Å²) in [5, 5.41) is 8.23. The van der Waals surface area contributed by atoms with Crippen LogP contribution >= 0.6 is 0 Å². The fourth-order valence-corrected chi connectivity index (χ4v) is 2.88. The van der Waals surface area contributed by atoms with Crippen molar-refractivity contribution in [2.45, 2.75) is 18.1 Å². The molecule has 6 heteroatoms. The van der Waals surface area contributed by atoms with Crippen LogP contribution in [0.1, 0.15) is 18.4 Å². The summed E-state index contributed by atoms with van der Waals surface area (Å²) in [6.07, 6.45) is 3.83. The van der Waals surface area contributed by atoms with E-state index >= 15 is 0 Å². The van der Waals surface area contributed by atoms with Crippen molar-refractivity contribution in [1.29, 1.82) is 0 Å². The standard InChI is InChI=1S/C12H13NO4S/c14-12(15)7-4-9-2-1-3-10(8-9)13-18(16,17)11-5-6-11/h1-4,7-8,11,13H,5-6H2,(H,14,15)/b7-4+. The molecule has 0 aromatic heterocycles. The minimum Gasteiger partial charge on any atom is -0.478 e. The van der Waals surface area contributed by atoms with Crippen molar-refractivity contribution >= 4 is 27.8 Å². The molecule has 0 heterocycles. The molecule has 1 aliphatic rings. The topological polar surface area (TPSA) is 83.5 Å². The van der Waals surface area contributed by atoms with E-state index in [1.807, 2.05) is 0 Å². The minimum absolute atomic E-state index is 0.282. The van der Waals surface area contributed by atoms with E-state index in [1.165, 1.54) is 6.08 Å². The van der Waals surface area contributed by atoms with Gasteiger partial charge in [0.1, 0.15) is 0 Å². The first-order chi connectivity index (χ1) is 8.47. The highest BCUT2D eigenvalue weighted by atomic mass is 32.2. The van der Waals surface area contributed by atoms with Crippen LogP contribution in [0.5, 0.6) is 0 Å². The van der Waals surface area contributed by atoms with Gasteiger partial charge in [-0.3, -0.25) is 4.72 Å². The van der Waals surface area contributed by atoms with Crippen molar-refractivity contribution in [3.8, 4) is 0 Å². The van der Waals surface area contributed by atoms with Gasteiger partial charge < -0.3 is 5.11 Å². The largest absolute Gasteiger partial charge is 0.478 e. The summed E-state index contributed by atoms with van der Waals surface area (Å²) >= 11 is 0. The number of sulfonamides is 1. The Labute approximate surface area is 105 Å².